The van der Waals surface area contributed by atoms with Crippen LogP contribution >= 0.6 is 0 Å². The Balaban J connectivity index is 1.84. The van der Waals surface area contributed by atoms with Crippen LogP contribution < -0.4 is 9.62 Å². The maximum absolute atomic E-state index is 12.9. The van der Waals surface area contributed by atoms with Crippen molar-refractivity contribution in [3.8, 4) is 0 Å². The first-order valence-electron chi connectivity index (χ1n) is 8.95. The van der Waals surface area contributed by atoms with Crippen LogP contribution in [0.3, 0.4) is 0 Å². The van der Waals surface area contributed by atoms with E-state index >= 15 is 0 Å². The SMILES string of the molecule is CCCC(C)NC(=O)c1ccc2c(c1)CCN2S(=O)(=O)c1ccccc1. The summed E-state index contributed by atoms with van der Waals surface area (Å²) < 4.78 is 27.2. The summed E-state index contributed by atoms with van der Waals surface area (Å²) in [6.07, 6.45) is 2.55. The molecule has 5 nitrogen and oxygen atoms in total. The number of hydrogen-bond donors (Lipinski definition) is 1. The molecule has 0 saturated heterocycles. The molecule has 1 aliphatic heterocycles. The first kappa shape index (κ1) is 18.5. The van der Waals surface area contributed by atoms with E-state index in [1.807, 2.05) is 13.0 Å². The number of benzene rings is 2. The van der Waals surface area contributed by atoms with Crippen molar-refractivity contribution in [2.24, 2.45) is 0 Å². The topological polar surface area (TPSA) is 66.5 Å². The van der Waals surface area contributed by atoms with Crippen molar-refractivity contribution in [1.29, 1.82) is 0 Å². The Bertz CT molecular complexity index is 895. The maximum atomic E-state index is 12.9. The fourth-order valence-corrected chi connectivity index (χ4v) is 4.82. The van der Waals surface area contributed by atoms with Gasteiger partial charge in [-0.1, -0.05) is 31.5 Å². The Morgan fingerprint density at radius 3 is 2.62 bits per heavy atom. The number of sulfonamides is 1. The molecule has 1 N–H and O–H groups in total. The molecule has 2 aromatic carbocycles. The summed E-state index contributed by atoms with van der Waals surface area (Å²) in [7, 11) is -3.58. The Morgan fingerprint density at radius 2 is 1.92 bits per heavy atom. The van der Waals surface area contributed by atoms with Crippen LogP contribution in [-0.4, -0.2) is 26.9 Å². The van der Waals surface area contributed by atoms with Gasteiger partial charge in [-0.3, -0.25) is 9.10 Å². The highest BCUT2D eigenvalue weighted by molar-refractivity contribution is 7.92. The van der Waals surface area contributed by atoms with E-state index in [-0.39, 0.29) is 16.8 Å². The van der Waals surface area contributed by atoms with Crippen LogP contribution in [0, 0.1) is 0 Å². The highest BCUT2D eigenvalue weighted by atomic mass is 32.2. The second kappa shape index (κ2) is 7.50. The van der Waals surface area contributed by atoms with E-state index in [2.05, 4.69) is 12.2 Å². The minimum absolute atomic E-state index is 0.113. The Kier molecular flexibility index (Phi) is 5.32. The highest BCUT2D eigenvalue weighted by Gasteiger charge is 2.31. The lowest BCUT2D eigenvalue weighted by Crippen LogP contribution is -2.32. The van der Waals surface area contributed by atoms with Crippen molar-refractivity contribution in [2.75, 3.05) is 10.8 Å². The molecular formula is C20H24N2O3S. The van der Waals surface area contributed by atoms with Gasteiger partial charge < -0.3 is 5.32 Å². The van der Waals surface area contributed by atoms with Gasteiger partial charge in [0.05, 0.1) is 10.6 Å². The summed E-state index contributed by atoms with van der Waals surface area (Å²) in [6, 6.07) is 13.8. The van der Waals surface area contributed by atoms with Crippen LogP contribution in [0.25, 0.3) is 0 Å². The molecule has 6 heteroatoms. The molecule has 0 fully saturated rings. The van der Waals surface area contributed by atoms with E-state index in [1.54, 1.807) is 42.5 Å². The Labute approximate surface area is 155 Å². The number of amides is 1. The maximum Gasteiger partial charge on any atom is 0.264 e. The van der Waals surface area contributed by atoms with Crippen molar-refractivity contribution in [2.45, 2.75) is 44.0 Å². The fourth-order valence-electron chi connectivity index (χ4n) is 3.29. The van der Waals surface area contributed by atoms with Crippen LogP contribution in [-0.2, 0) is 16.4 Å². The molecule has 1 heterocycles. The molecule has 1 atom stereocenters. The zero-order chi connectivity index (χ0) is 18.7. The lowest BCUT2D eigenvalue weighted by atomic mass is 10.1. The van der Waals surface area contributed by atoms with Gasteiger partial charge in [-0.15, -0.1) is 0 Å². The number of carbonyl (C=O) groups is 1. The average molecular weight is 372 g/mol. The molecular weight excluding hydrogens is 348 g/mol. The summed E-state index contributed by atoms with van der Waals surface area (Å²) in [6.45, 7) is 4.46. The molecule has 0 saturated carbocycles. The summed E-state index contributed by atoms with van der Waals surface area (Å²) >= 11 is 0. The summed E-state index contributed by atoms with van der Waals surface area (Å²) in [5.74, 6) is -0.113. The lowest BCUT2D eigenvalue weighted by molar-refractivity contribution is 0.0938. The molecule has 2 aromatic rings. The van der Waals surface area contributed by atoms with Crippen molar-refractivity contribution in [3.05, 3.63) is 59.7 Å². The summed E-state index contributed by atoms with van der Waals surface area (Å²) in [5, 5.41) is 2.98. The van der Waals surface area contributed by atoms with Gasteiger partial charge in [0.2, 0.25) is 0 Å². The van der Waals surface area contributed by atoms with Gasteiger partial charge in [0, 0.05) is 18.2 Å². The van der Waals surface area contributed by atoms with E-state index in [9.17, 15) is 13.2 Å². The molecule has 0 aliphatic carbocycles. The molecule has 0 aromatic heterocycles. The predicted octanol–water partition coefficient (Wildman–Crippen LogP) is 3.36. The summed E-state index contributed by atoms with van der Waals surface area (Å²) in [4.78, 5) is 12.7. The van der Waals surface area contributed by atoms with Gasteiger partial charge in [-0.25, -0.2) is 8.42 Å². The standard InChI is InChI=1S/C20H24N2O3S/c1-3-7-15(2)21-20(23)17-10-11-19-16(14-17)12-13-22(19)26(24,25)18-8-5-4-6-9-18/h4-6,8-11,14-15H,3,7,12-13H2,1-2H3,(H,21,23). The first-order chi connectivity index (χ1) is 12.4. The lowest BCUT2D eigenvalue weighted by Gasteiger charge is -2.20. The van der Waals surface area contributed by atoms with Gasteiger partial charge in [0.25, 0.3) is 15.9 Å². The van der Waals surface area contributed by atoms with E-state index < -0.39 is 10.0 Å². The average Bonchev–Trinajstić information content (AvgIpc) is 3.06. The van der Waals surface area contributed by atoms with E-state index in [4.69, 9.17) is 0 Å². The van der Waals surface area contributed by atoms with Crippen LogP contribution in [0.2, 0.25) is 0 Å². The van der Waals surface area contributed by atoms with Crippen molar-refractivity contribution in [1.82, 2.24) is 5.32 Å². The van der Waals surface area contributed by atoms with E-state index in [0.29, 0.717) is 24.2 Å². The summed E-state index contributed by atoms with van der Waals surface area (Å²) in [5.41, 5.74) is 2.12. The molecule has 0 spiro atoms. The van der Waals surface area contributed by atoms with Crippen molar-refractivity contribution >= 4 is 21.6 Å². The molecule has 0 radical (unpaired) electrons. The second-order valence-corrected chi connectivity index (χ2v) is 8.51. The van der Waals surface area contributed by atoms with Gasteiger partial charge in [-0.2, -0.15) is 0 Å². The van der Waals surface area contributed by atoms with Crippen LogP contribution in [0.4, 0.5) is 5.69 Å². The van der Waals surface area contributed by atoms with Crippen molar-refractivity contribution in [3.63, 3.8) is 0 Å². The van der Waals surface area contributed by atoms with Gasteiger partial charge >= 0.3 is 0 Å². The predicted molar refractivity (Wildman–Crippen MR) is 103 cm³/mol. The number of carbonyl (C=O) groups excluding carboxylic acids is 1. The molecule has 1 aliphatic rings. The number of rotatable bonds is 6. The van der Waals surface area contributed by atoms with Crippen LogP contribution in [0.15, 0.2) is 53.4 Å². The third kappa shape index (κ3) is 3.60. The highest BCUT2D eigenvalue weighted by Crippen LogP contribution is 2.33. The number of nitrogens with zero attached hydrogens (tertiary/aromatic N) is 1. The number of hydrogen-bond acceptors (Lipinski definition) is 3. The van der Waals surface area contributed by atoms with E-state index in [1.165, 1.54) is 4.31 Å². The third-order valence-corrected chi connectivity index (χ3v) is 6.45. The Hall–Kier alpha value is -2.34. The fraction of sp³-hybridized carbons (Fsp3) is 0.350. The first-order valence-corrected chi connectivity index (χ1v) is 10.4. The minimum atomic E-state index is -3.58. The van der Waals surface area contributed by atoms with Gasteiger partial charge in [0.1, 0.15) is 0 Å². The third-order valence-electron chi connectivity index (χ3n) is 4.62. The number of anilines is 1. The second-order valence-electron chi connectivity index (χ2n) is 6.65. The smallest absolute Gasteiger partial charge is 0.264 e. The monoisotopic (exact) mass is 372 g/mol. The normalized spacial score (nSPS) is 14.8. The zero-order valence-corrected chi connectivity index (χ0v) is 15.9. The van der Waals surface area contributed by atoms with Gasteiger partial charge in [0.15, 0.2) is 0 Å². The largest absolute Gasteiger partial charge is 0.350 e. The molecule has 1 amide bonds. The number of nitrogens with one attached hydrogen (secondary N) is 1. The molecule has 3 rings (SSSR count). The van der Waals surface area contributed by atoms with Crippen LogP contribution in [0.1, 0.15) is 42.6 Å². The molecule has 26 heavy (non-hydrogen) atoms. The number of fused-ring (bicyclic) bond motifs is 1. The molecule has 0 bridgehead atoms. The zero-order valence-electron chi connectivity index (χ0n) is 15.1. The van der Waals surface area contributed by atoms with E-state index in [0.717, 1.165) is 18.4 Å². The van der Waals surface area contributed by atoms with Gasteiger partial charge in [-0.05, 0) is 55.7 Å². The van der Waals surface area contributed by atoms with Crippen molar-refractivity contribution < 1.29 is 13.2 Å². The quantitative estimate of drug-likeness (QED) is 0.845. The van der Waals surface area contributed by atoms with Crippen LogP contribution in [0.5, 0.6) is 0 Å². The Morgan fingerprint density at radius 1 is 1.19 bits per heavy atom. The molecule has 138 valence electrons. The minimum Gasteiger partial charge on any atom is -0.350 e. The molecule has 1 unspecified atom stereocenters.